The number of piperidine rings is 1. The molecule has 0 radical (unpaired) electrons. The van der Waals surface area contributed by atoms with Crippen LogP contribution in [-0.2, 0) is 9.84 Å². The molecule has 0 aromatic carbocycles. The SMILES string of the molecule is C=C1CC2CCC(C1)N2c1ncccc1S(C)(=O)=O. The van der Waals surface area contributed by atoms with Crippen molar-refractivity contribution in [2.75, 3.05) is 11.2 Å². The first-order valence-corrected chi connectivity index (χ1v) is 8.46. The fourth-order valence-corrected chi connectivity index (χ4v) is 4.14. The third-order valence-corrected chi connectivity index (χ3v) is 5.18. The quantitative estimate of drug-likeness (QED) is 0.778. The van der Waals surface area contributed by atoms with E-state index in [0.29, 0.717) is 22.8 Å². The molecular weight excluding hydrogens is 260 g/mol. The number of hydrogen-bond acceptors (Lipinski definition) is 4. The Kier molecular flexibility index (Phi) is 2.89. The van der Waals surface area contributed by atoms with Gasteiger partial charge in [-0.2, -0.15) is 0 Å². The van der Waals surface area contributed by atoms with Gasteiger partial charge < -0.3 is 4.90 Å². The molecule has 1 aromatic heterocycles. The summed E-state index contributed by atoms with van der Waals surface area (Å²) in [5, 5.41) is 0. The number of rotatable bonds is 2. The highest BCUT2D eigenvalue weighted by atomic mass is 32.2. The highest BCUT2D eigenvalue weighted by Gasteiger charge is 2.40. The zero-order valence-electron chi connectivity index (χ0n) is 11.0. The van der Waals surface area contributed by atoms with Crippen molar-refractivity contribution >= 4 is 15.7 Å². The van der Waals surface area contributed by atoms with Crippen molar-refractivity contribution in [1.29, 1.82) is 0 Å². The molecule has 3 heterocycles. The number of fused-ring (bicyclic) bond motifs is 2. The molecule has 3 rings (SSSR count). The highest BCUT2D eigenvalue weighted by molar-refractivity contribution is 7.90. The van der Waals surface area contributed by atoms with Crippen LogP contribution in [0.15, 0.2) is 35.4 Å². The van der Waals surface area contributed by atoms with E-state index >= 15 is 0 Å². The summed E-state index contributed by atoms with van der Waals surface area (Å²) >= 11 is 0. The van der Waals surface area contributed by atoms with E-state index in [1.807, 2.05) is 0 Å². The minimum Gasteiger partial charge on any atom is -0.349 e. The summed E-state index contributed by atoms with van der Waals surface area (Å²) in [7, 11) is -3.24. The van der Waals surface area contributed by atoms with Crippen LogP contribution < -0.4 is 4.90 Å². The lowest BCUT2D eigenvalue weighted by Gasteiger charge is -2.37. The van der Waals surface area contributed by atoms with Crippen molar-refractivity contribution in [3.63, 3.8) is 0 Å². The van der Waals surface area contributed by atoms with Crippen LogP contribution in [0, 0.1) is 0 Å². The normalized spacial score (nSPS) is 26.8. The fourth-order valence-electron chi connectivity index (χ4n) is 3.32. The van der Waals surface area contributed by atoms with Crippen LogP contribution >= 0.6 is 0 Å². The van der Waals surface area contributed by atoms with Crippen molar-refractivity contribution in [2.45, 2.75) is 42.7 Å². The minimum atomic E-state index is -3.24. The van der Waals surface area contributed by atoms with E-state index in [-0.39, 0.29) is 0 Å². The summed E-state index contributed by atoms with van der Waals surface area (Å²) < 4.78 is 23.8. The molecule has 0 N–H and O–H groups in total. The second-order valence-corrected chi connectivity index (χ2v) is 7.53. The van der Waals surface area contributed by atoms with E-state index in [2.05, 4.69) is 16.5 Å². The smallest absolute Gasteiger partial charge is 0.179 e. The van der Waals surface area contributed by atoms with Gasteiger partial charge in [0.25, 0.3) is 0 Å². The van der Waals surface area contributed by atoms with Crippen LogP contribution in [0.1, 0.15) is 25.7 Å². The molecular formula is C14H18N2O2S. The number of pyridine rings is 1. The van der Waals surface area contributed by atoms with Gasteiger partial charge in [0.05, 0.1) is 0 Å². The predicted octanol–water partition coefficient (Wildman–Crippen LogP) is 2.17. The highest BCUT2D eigenvalue weighted by Crippen LogP contribution is 2.41. The first-order valence-electron chi connectivity index (χ1n) is 6.57. The Morgan fingerprint density at radius 1 is 1.32 bits per heavy atom. The zero-order chi connectivity index (χ0) is 13.6. The molecule has 2 bridgehead atoms. The van der Waals surface area contributed by atoms with Crippen molar-refractivity contribution < 1.29 is 8.42 Å². The van der Waals surface area contributed by atoms with Crippen LogP contribution in [0.2, 0.25) is 0 Å². The van der Waals surface area contributed by atoms with Crippen LogP contribution in [-0.4, -0.2) is 31.7 Å². The number of hydrogen-bond donors (Lipinski definition) is 0. The van der Waals surface area contributed by atoms with Gasteiger partial charge in [-0.25, -0.2) is 13.4 Å². The van der Waals surface area contributed by atoms with Crippen molar-refractivity contribution in [3.8, 4) is 0 Å². The molecule has 0 amide bonds. The summed E-state index contributed by atoms with van der Waals surface area (Å²) in [6, 6.07) is 4.06. The topological polar surface area (TPSA) is 50.3 Å². The van der Waals surface area contributed by atoms with Gasteiger partial charge >= 0.3 is 0 Å². The summed E-state index contributed by atoms with van der Waals surface area (Å²) in [6.45, 7) is 4.09. The number of sulfone groups is 1. The molecule has 2 saturated heterocycles. The Balaban J connectivity index is 2.07. The van der Waals surface area contributed by atoms with E-state index in [1.54, 1.807) is 18.3 Å². The van der Waals surface area contributed by atoms with Crippen molar-refractivity contribution in [2.24, 2.45) is 0 Å². The Bertz CT molecular complexity index is 608. The average Bonchev–Trinajstić information content (AvgIpc) is 2.60. The minimum absolute atomic E-state index is 0.347. The summed E-state index contributed by atoms with van der Waals surface area (Å²) in [6.07, 6.45) is 7.03. The molecule has 4 nitrogen and oxygen atoms in total. The van der Waals surface area contributed by atoms with Gasteiger partial charge in [0, 0.05) is 24.5 Å². The second-order valence-electron chi connectivity index (χ2n) is 5.55. The fraction of sp³-hybridized carbons (Fsp3) is 0.500. The van der Waals surface area contributed by atoms with Crippen molar-refractivity contribution in [1.82, 2.24) is 4.98 Å². The lowest BCUT2D eigenvalue weighted by molar-refractivity contribution is 0.540. The van der Waals surface area contributed by atoms with Gasteiger partial charge in [0.2, 0.25) is 0 Å². The van der Waals surface area contributed by atoms with Gasteiger partial charge in [0.1, 0.15) is 10.7 Å². The Morgan fingerprint density at radius 3 is 2.53 bits per heavy atom. The maximum Gasteiger partial charge on any atom is 0.179 e. The standard InChI is InChI=1S/C14H18N2O2S/c1-10-8-11-5-6-12(9-10)16(11)14-13(19(2,17)18)4-3-7-15-14/h3-4,7,11-12H,1,5-6,8-9H2,2H3. The summed E-state index contributed by atoms with van der Waals surface area (Å²) in [4.78, 5) is 6.91. The lowest BCUT2D eigenvalue weighted by atomic mass is 9.98. The van der Waals surface area contributed by atoms with E-state index < -0.39 is 9.84 Å². The summed E-state index contributed by atoms with van der Waals surface area (Å²) in [5.41, 5.74) is 1.28. The molecule has 2 atom stereocenters. The summed E-state index contributed by atoms with van der Waals surface area (Å²) in [5.74, 6) is 0.630. The molecule has 102 valence electrons. The van der Waals surface area contributed by atoms with E-state index in [4.69, 9.17) is 0 Å². The molecule has 1 aromatic rings. The van der Waals surface area contributed by atoms with Gasteiger partial charge in [-0.05, 0) is 37.8 Å². The Morgan fingerprint density at radius 2 is 1.95 bits per heavy atom. The molecule has 2 aliphatic rings. The first kappa shape index (κ1) is 12.7. The van der Waals surface area contributed by atoms with E-state index in [1.165, 1.54) is 11.8 Å². The zero-order valence-corrected chi connectivity index (χ0v) is 11.9. The molecule has 2 aliphatic heterocycles. The molecule has 0 saturated carbocycles. The number of anilines is 1. The van der Waals surface area contributed by atoms with Gasteiger partial charge in [-0.3, -0.25) is 0 Å². The van der Waals surface area contributed by atoms with Gasteiger partial charge in [-0.1, -0.05) is 12.2 Å². The average molecular weight is 278 g/mol. The molecule has 0 aliphatic carbocycles. The van der Waals surface area contributed by atoms with E-state index in [9.17, 15) is 8.42 Å². The van der Waals surface area contributed by atoms with Crippen LogP contribution in [0.3, 0.4) is 0 Å². The van der Waals surface area contributed by atoms with Crippen LogP contribution in [0.25, 0.3) is 0 Å². The molecule has 2 fully saturated rings. The molecule has 2 unspecified atom stereocenters. The molecule has 5 heteroatoms. The predicted molar refractivity (Wildman–Crippen MR) is 75.0 cm³/mol. The monoisotopic (exact) mass is 278 g/mol. The molecule has 19 heavy (non-hydrogen) atoms. The van der Waals surface area contributed by atoms with Crippen LogP contribution in [0.4, 0.5) is 5.82 Å². The Hall–Kier alpha value is -1.36. The van der Waals surface area contributed by atoms with Gasteiger partial charge in [0.15, 0.2) is 9.84 Å². The number of aromatic nitrogens is 1. The third kappa shape index (κ3) is 2.16. The van der Waals surface area contributed by atoms with E-state index in [0.717, 1.165) is 25.7 Å². The number of nitrogens with zero attached hydrogens (tertiary/aromatic N) is 2. The second kappa shape index (κ2) is 4.34. The maximum atomic E-state index is 11.9. The maximum absolute atomic E-state index is 11.9. The van der Waals surface area contributed by atoms with Crippen molar-refractivity contribution in [3.05, 3.63) is 30.5 Å². The Labute approximate surface area is 114 Å². The first-order chi connectivity index (χ1) is 8.97. The van der Waals surface area contributed by atoms with Gasteiger partial charge in [-0.15, -0.1) is 0 Å². The third-order valence-electron chi connectivity index (χ3n) is 4.06. The molecule has 0 spiro atoms. The lowest BCUT2D eigenvalue weighted by Crippen LogP contribution is -2.41. The largest absolute Gasteiger partial charge is 0.349 e. The van der Waals surface area contributed by atoms with Crippen LogP contribution in [0.5, 0.6) is 0 Å².